The van der Waals surface area contributed by atoms with Gasteiger partial charge in [0.2, 0.25) is 10.0 Å². The molecule has 27 heavy (non-hydrogen) atoms. The highest BCUT2D eigenvalue weighted by Gasteiger charge is 2.18. The number of benzene rings is 3. The third-order valence-corrected chi connectivity index (χ3v) is 6.35. The summed E-state index contributed by atoms with van der Waals surface area (Å²) in [5.41, 5.74) is 1.43. The number of nitrogens with zero attached hydrogens (tertiary/aromatic N) is 1. The molecule has 0 heterocycles. The molecule has 3 rings (SSSR count). The molecule has 0 aliphatic carbocycles. The van der Waals surface area contributed by atoms with Crippen LogP contribution in [0.3, 0.4) is 0 Å². The van der Waals surface area contributed by atoms with Gasteiger partial charge in [0, 0.05) is 19.7 Å². The number of hydrogen-bond donors (Lipinski definition) is 1. The van der Waals surface area contributed by atoms with Crippen LogP contribution in [0.25, 0.3) is 10.8 Å². The van der Waals surface area contributed by atoms with Gasteiger partial charge in [-0.2, -0.15) is 0 Å². The monoisotopic (exact) mass is 382 g/mol. The van der Waals surface area contributed by atoms with E-state index >= 15 is 0 Å². The van der Waals surface area contributed by atoms with Crippen molar-refractivity contribution >= 4 is 26.7 Å². The molecule has 0 saturated heterocycles. The summed E-state index contributed by atoms with van der Waals surface area (Å²) in [6.45, 7) is 1.92. The van der Waals surface area contributed by atoms with Gasteiger partial charge in [-0.25, -0.2) is 12.7 Å². The molecule has 0 aliphatic rings. The van der Waals surface area contributed by atoms with Crippen molar-refractivity contribution in [3.63, 3.8) is 0 Å². The molecule has 3 aromatic rings. The molecule has 0 spiro atoms. The lowest BCUT2D eigenvalue weighted by Crippen LogP contribution is -2.27. The summed E-state index contributed by atoms with van der Waals surface area (Å²) in [4.78, 5) is 12.7. The van der Waals surface area contributed by atoms with Gasteiger partial charge in [0.15, 0.2) is 0 Å². The molecule has 1 N–H and O–H groups in total. The van der Waals surface area contributed by atoms with Crippen LogP contribution in [0.2, 0.25) is 0 Å². The predicted octanol–water partition coefficient (Wildman–Crippen LogP) is 3.58. The van der Waals surface area contributed by atoms with Gasteiger partial charge in [-0.05, 0) is 53.6 Å². The van der Waals surface area contributed by atoms with E-state index in [4.69, 9.17) is 0 Å². The highest BCUT2D eigenvalue weighted by molar-refractivity contribution is 7.89. The number of sulfonamides is 1. The van der Waals surface area contributed by atoms with Crippen molar-refractivity contribution in [3.8, 4) is 0 Å². The smallest absolute Gasteiger partial charge is 0.251 e. The van der Waals surface area contributed by atoms with Gasteiger partial charge >= 0.3 is 0 Å². The second kappa shape index (κ2) is 7.50. The first kappa shape index (κ1) is 19.1. The maximum atomic E-state index is 12.5. The van der Waals surface area contributed by atoms with E-state index in [1.807, 2.05) is 43.3 Å². The third kappa shape index (κ3) is 4.02. The molecule has 140 valence electrons. The molecular formula is C21H22N2O3S. The molecule has 0 saturated carbocycles. The van der Waals surface area contributed by atoms with Crippen molar-refractivity contribution in [1.29, 1.82) is 0 Å². The Kier molecular flexibility index (Phi) is 5.30. The Balaban J connectivity index is 1.76. The number of amides is 1. The van der Waals surface area contributed by atoms with E-state index in [1.165, 1.54) is 38.4 Å². The number of rotatable bonds is 5. The highest BCUT2D eigenvalue weighted by Crippen LogP contribution is 2.21. The summed E-state index contributed by atoms with van der Waals surface area (Å²) in [6.07, 6.45) is 0. The second-order valence-corrected chi connectivity index (χ2v) is 8.77. The normalized spacial score (nSPS) is 12.9. The van der Waals surface area contributed by atoms with Crippen molar-refractivity contribution < 1.29 is 13.2 Å². The summed E-state index contributed by atoms with van der Waals surface area (Å²) in [5.74, 6) is -0.246. The molecule has 0 radical (unpaired) electrons. The van der Waals surface area contributed by atoms with E-state index < -0.39 is 10.0 Å². The molecule has 1 atom stereocenters. The van der Waals surface area contributed by atoms with Crippen molar-refractivity contribution in [2.45, 2.75) is 17.9 Å². The molecule has 3 aromatic carbocycles. The quantitative estimate of drug-likeness (QED) is 0.733. The maximum absolute atomic E-state index is 12.5. The van der Waals surface area contributed by atoms with Crippen LogP contribution >= 0.6 is 0 Å². The second-order valence-electron chi connectivity index (χ2n) is 6.61. The van der Waals surface area contributed by atoms with Gasteiger partial charge in [-0.1, -0.05) is 36.4 Å². The van der Waals surface area contributed by atoms with E-state index in [0.717, 1.165) is 20.6 Å². The lowest BCUT2D eigenvalue weighted by Gasteiger charge is -2.16. The molecule has 0 bridgehead atoms. The van der Waals surface area contributed by atoms with Gasteiger partial charge in [-0.3, -0.25) is 4.79 Å². The SMILES string of the molecule is C[C@@H](NC(=O)c1ccc(S(=O)(=O)N(C)C)cc1)c1ccc2ccccc2c1. The molecule has 0 aliphatic heterocycles. The Morgan fingerprint density at radius 1 is 0.926 bits per heavy atom. The van der Waals surface area contributed by atoms with Crippen LogP contribution in [0.15, 0.2) is 71.6 Å². The average molecular weight is 382 g/mol. The number of hydrogen-bond acceptors (Lipinski definition) is 3. The van der Waals surface area contributed by atoms with Gasteiger partial charge < -0.3 is 5.32 Å². The summed E-state index contributed by atoms with van der Waals surface area (Å²) in [7, 11) is -0.558. The van der Waals surface area contributed by atoms with E-state index in [2.05, 4.69) is 11.4 Å². The van der Waals surface area contributed by atoms with Crippen molar-refractivity contribution in [3.05, 3.63) is 77.9 Å². The number of carbonyl (C=O) groups is 1. The van der Waals surface area contributed by atoms with Gasteiger partial charge in [0.25, 0.3) is 5.91 Å². The van der Waals surface area contributed by atoms with E-state index in [-0.39, 0.29) is 16.8 Å². The van der Waals surface area contributed by atoms with Crippen molar-refractivity contribution in [1.82, 2.24) is 9.62 Å². The minimum atomic E-state index is -3.50. The zero-order chi connectivity index (χ0) is 19.6. The fourth-order valence-electron chi connectivity index (χ4n) is 2.83. The number of nitrogens with one attached hydrogen (secondary N) is 1. The summed E-state index contributed by atoms with van der Waals surface area (Å²) < 4.78 is 25.4. The predicted molar refractivity (Wildman–Crippen MR) is 107 cm³/mol. The first-order valence-corrected chi connectivity index (χ1v) is 10.1. The standard InChI is InChI=1S/C21H22N2O3S/c1-15(18-9-8-16-6-4-5-7-19(16)14-18)22-21(24)17-10-12-20(13-11-17)27(25,26)23(2)3/h4-15H,1-3H3,(H,22,24)/t15-/m1/s1. The summed E-state index contributed by atoms with van der Waals surface area (Å²) in [5, 5.41) is 5.23. The number of carbonyl (C=O) groups excluding carboxylic acids is 1. The van der Waals surface area contributed by atoms with Crippen LogP contribution in [0.4, 0.5) is 0 Å². The zero-order valence-electron chi connectivity index (χ0n) is 15.5. The zero-order valence-corrected chi connectivity index (χ0v) is 16.3. The Morgan fingerprint density at radius 3 is 2.19 bits per heavy atom. The van der Waals surface area contributed by atoms with Crippen LogP contribution in [0.1, 0.15) is 28.9 Å². The Morgan fingerprint density at radius 2 is 1.56 bits per heavy atom. The Hall–Kier alpha value is -2.70. The molecule has 6 heteroatoms. The third-order valence-electron chi connectivity index (χ3n) is 4.52. The van der Waals surface area contributed by atoms with Crippen LogP contribution in [0.5, 0.6) is 0 Å². The molecule has 0 fully saturated rings. The fraction of sp³-hybridized carbons (Fsp3) is 0.190. The lowest BCUT2D eigenvalue weighted by molar-refractivity contribution is 0.0940. The first-order valence-electron chi connectivity index (χ1n) is 8.61. The van der Waals surface area contributed by atoms with Crippen LogP contribution in [-0.4, -0.2) is 32.7 Å². The summed E-state index contributed by atoms with van der Waals surface area (Å²) in [6, 6.07) is 19.9. The molecular weight excluding hydrogens is 360 g/mol. The molecule has 1 amide bonds. The minimum Gasteiger partial charge on any atom is -0.346 e. The molecule has 0 unspecified atom stereocenters. The van der Waals surface area contributed by atoms with E-state index in [0.29, 0.717) is 5.56 Å². The van der Waals surface area contributed by atoms with Gasteiger partial charge in [0.05, 0.1) is 10.9 Å². The van der Waals surface area contributed by atoms with Gasteiger partial charge in [0.1, 0.15) is 0 Å². The maximum Gasteiger partial charge on any atom is 0.251 e. The number of fused-ring (bicyclic) bond motifs is 1. The average Bonchev–Trinajstić information content (AvgIpc) is 2.67. The first-order chi connectivity index (χ1) is 12.8. The van der Waals surface area contributed by atoms with Crippen molar-refractivity contribution in [2.75, 3.05) is 14.1 Å². The molecule has 5 nitrogen and oxygen atoms in total. The van der Waals surface area contributed by atoms with Crippen molar-refractivity contribution in [2.24, 2.45) is 0 Å². The Bertz CT molecular complexity index is 1070. The van der Waals surface area contributed by atoms with Crippen LogP contribution < -0.4 is 5.32 Å². The minimum absolute atomic E-state index is 0.159. The highest BCUT2D eigenvalue weighted by atomic mass is 32.2. The topological polar surface area (TPSA) is 66.5 Å². The lowest BCUT2D eigenvalue weighted by atomic mass is 10.0. The van der Waals surface area contributed by atoms with Crippen LogP contribution in [-0.2, 0) is 10.0 Å². The largest absolute Gasteiger partial charge is 0.346 e. The van der Waals surface area contributed by atoms with Crippen LogP contribution in [0, 0.1) is 0 Å². The van der Waals surface area contributed by atoms with Gasteiger partial charge in [-0.15, -0.1) is 0 Å². The Labute approximate surface area is 159 Å². The van der Waals surface area contributed by atoms with E-state index in [1.54, 1.807) is 0 Å². The van der Waals surface area contributed by atoms with E-state index in [9.17, 15) is 13.2 Å². The summed E-state index contributed by atoms with van der Waals surface area (Å²) >= 11 is 0. The fourth-order valence-corrected chi connectivity index (χ4v) is 3.73. The molecule has 0 aromatic heterocycles.